The number of nitrogens with zero attached hydrogens (tertiary/aromatic N) is 1. The molecule has 6 nitrogen and oxygen atoms in total. The molecule has 0 unspecified atom stereocenters. The smallest absolute Gasteiger partial charge is 0.254 e. The van der Waals surface area contributed by atoms with Crippen LogP contribution in [0.5, 0.6) is 17.4 Å². The molecule has 1 aromatic heterocycles. The molecule has 1 heterocycles. The number of hydrogen-bond acceptors (Lipinski definition) is 5. The van der Waals surface area contributed by atoms with Crippen molar-refractivity contribution in [2.45, 2.75) is 6.61 Å². The van der Waals surface area contributed by atoms with E-state index < -0.39 is 5.56 Å². The van der Waals surface area contributed by atoms with Crippen LogP contribution in [0, 0.1) is 0 Å². The van der Waals surface area contributed by atoms with E-state index in [1.54, 1.807) is 18.2 Å². The lowest BCUT2D eigenvalue weighted by Gasteiger charge is -2.09. The van der Waals surface area contributed by atoms with Gasteiger partial charge in [-0.05, 0) is 12.1 Å². The fourth-order valence-electron chi connectivity index (χ4n) is 1.45. The molecule has 2 aromatic rings. The number of nitrogens with one attached hydrogen (secondary N) is 1. The lowest BCUT2D eigenvalue weighted by Crippen LogP contribution is -2.11. The van der Waals surface area contributed by atoms with Crippen LogP contribution in [0.4, 0.5) is 0 Å². The molecule has 0 saturated heterocycles. The zero-order valence-corrected chi connectivity index (χ0v) is 9.71. The third kappa shape index (κ3) is 2.79. The van der Waals surface area contributed by atoms with Crippen LogP contribution in [0.2, 0.25) is 0 Å². The first-order valence-corrected chi connectivity index (χ1v) is 5.24. The summed E-state index contributed by atoms with van der Waals surface area (Å²) in [7, 11) is 1.54. The average molecular weight is 248 g/mol. The van der Waals surface area contributed by atoms with Crippen LogP contribution in [-0.2, 0) is 6.61 Å². The van der Waals surface area contributed by atoms with E-state index in [1.807, 2.05) is 6.07 Å². The van der Waals surface area contributed by atoms with Gasteiger partial charge < -0.3 is 19.6 Å². The predicted molar refractivity (Wildman–Crippen MR) is 63.8 cm³/mol. The minimum Gasteiger partial charge on any atom is -0.493 e. The molecular formula is C12H12N2O4. The maximum Gasteiger partial charge on any atom is 0.254 e. The van der Waals surface area contributed by atoms with Crippen molar-refractivity contribution >= 4 is 0 Å². The number of aromatic nitrogens is 2. The molecule has 0 radical (unpaired) electrons. The van der Waals surface area contributed by atoms with E-state index >= 15 is 0 Å². The molecule has 1 aromatic carbocycles. The number of ether oxygens (including phenoxy) is 2. The number of methoxy groups -OCH3 is 1. The van der Waals surface area contributed by atoms with Crippen molar-refractivity contribution in [1.29, 1.82) is 0 Å². The van der Waals surface area contributed by atoms with E-state index in [0.717, 1.165) is 6.07 Å². The minimum atomic E-state index is -0.430. The highest BCUT2D eigenvalue weighted by atomic mass is 16.5. The molecule has 0 saturated carbocycles. The van der Waals surface area contributed by atoms with Gasteiger partial charge in [0.1, 0.15) is 6.61 Å². The van der Waals surface area contributed by atoms with Gasteiger partial charge in [0.15, 0.2) is 17.3 Å². The van der Waals surface area contributed by atoms with E-state index in [-0.39, 0.29) is 18.3 Å². The number of rotatable bonds is 4. The average Bonchev–Trinajstić information content (AvgIpc) is 2.35. The molecular weight excluding hydrogens is 236 g/mol. The molecule has 0 amide bonds. The van der Waals surface area contributed by atoms with Crippen LogP contribution in [0.1, 0.15) is 5.82 Å². The first-order chi connectivity index (χ1) is 8.69. The third-order valence-corrected chi connectivity index (χ3v) is 2.21. The van der Waals surface area contributed by atoms with Crippen molar-refractivity contribution in [1.82, 2.24) is 9.97 Å². The molecule has 0 bridgehead atoms. The first-order valence-electron chi connectivity index (χ1n) is 5.24. The van der Waals surface area contributed by atoms with Gasteiger partial charge in [0.2, 0.25) is 5.88 Å². The first kappa shape index (κ1) is 12.0. The summed E-state index contributed by atoms with van der Waals surface area (Å²) >= 11 is 0. The Bertz CT molecular complexity index is 595. The predicted octanol–water partition coefficient (Wildman–Crippen LogP) is 1.06. The number of hydrogen-bond donors (Lipinski definition) is 2. The number of benzene rings is 1. The van der Waals surface area contributed by atoms with Gasteiger partial charge in [-0.2, -0.15) is 4.98 Å². The zero-order chi connectivity index (χ0) is 13.0. The van der Waals surface area contributed by atoms with Crippen molar-refractivity contribution in [2.75, 3.05) is 7.11 Å². The summed E-state index contributed by atoms with van der Waals surface area (Å²) < 4.78 is 10.6. The van der Waals surface area contributed by atoms with Crippen LogP contribution in [0.25, 0.3) is 0 Å². The Labute approximate surface area is 103 Å². The quantitative estimate of drug-likeness (QED) is 0.845. The Morgan fingerprint density at radius 3 is 2.72 bits per heavy atom. The van der Waals surface area contributed by atoms with Crippen molar-refractivity contribution in [3.63, 3.8) is 0 Å². The minimum absolute atomic E-state index is 0.0318. The van der Waals surface area contributed by atoms with Gasteiger partial charge >= 0.3 is 0 Å². The van der Waals surface area contributed by atoms with Crippen LogP contribution < -0.4 is 15.0 Å². The molecule has 0 aliphatic rings. The van der Waals surface area contributed by atoms with Gasteiger partial charge in [-0.25, -0.2) is 0 Å². The highest BCUT2D eigenvalue weighted by Gasteiger charge is 2.05. The van der Waals surface area contributed by atoms with Crippen LogP contribution >= 0.6 is 0 Å². The Hall–Kier alpha value is -2.50. The summed E-state index contributed by atoms with van der Waals surface area (Å²) in [6.45, 7) is 0.0318. The van der Waals surface area contributed by atoms with Crippen LogP contribution in [-0.4, -0.2) is 22.2 Å². The Morgan fingerprint density at radius 1 is 1.33 bits per heavy atom. The summed E-state index contributed by atoms with van der Waals surface area (Å²) in [5.41, 5.74) is -0.430. The van der Waals surface area contributed by atoms with Gasteiger partial charge in [-0.1, -0.05) is 12.1 Å². The van der Waals surface area contributed by atoms with Gasteiger partial charge in [-0.3, -0.25) is 4.79 Å². The summed E-state index contributed by atoms with van der Waals surface area (Å²) in [6.07, 6.45) is 0. The fraction of sp³-hybridized carbons (Fsp3) is 0.167. The highest BCUT2D eigenvalue weighted by Crippen LogP contribution is 2.26. The zero-order valence-electron chi connectivity index (χ0n) is 9.71. The number of para-hydroxylation sites is 2. The molecule has 0 aliphatic heterocycles. The maximum atomic E-state index is 11.1. The molecule has 2 N–H and O–H groups in total. The molecule has 6 heteroatoms. The monoisotopic (exact) mass is 248 g/mol. The van der Waals surface area contributed by atoms with Crippen LogP contribution in [0.15, 0.2) is 35.1 Å². The normalized spacial score (nSPS) is 10.1. The second-order valence-corrected chi connectivity index (χ2v) is 3.49. The molecule has 0 spiro atoms. The van der Waals surface area contributed by atoms with Crippen molar-refractivity contribution in [3.8, 4) is 17.4 Å². The number of H-pyrrole nitrogens is 1. The molecule has 0 fully saturated rings. The van der Waals surface area contributed by atoms with Crippen molar-refractivity contribution in [2.24, 2.45) is 0 Å². The number of aromatic amines is 1. The fourth-order valence-corrected chi connectivity index (χ4v) is 1.45. The van der Waals surface area contributed by atoms with E-state index in [2.05, 4.69) is 9.97 Å². The topological polar surface area (TPSA) is 84.4 Å². The van der Waals surface area contributed by atoms with Gasteiger partial charge in [-0.15, -0.1) is 0 Å². The molecule has 18 heavy (non-hydrogen) atoms. The summed E-state index contributed by atoms with van der Waals surface area (Å²) in [4.78, 5) is 17.3. The van der Waals surface area contributed by atoms with Crippen molar-refractivity contribution in [3.05, 3.63) is 46.5 Å². The maximum absolute atomic E-state index is 11.1. The molecule has 94 valence electrons. The Balaban J connectivity index is 2.13. The van der Waals surface area contributed by atoms with E-state index in [9.17, 15) is 9.90 Å². The second kappa shape index (κ2) is 5.22. The highest BCUT2D eigenvalue weighted by molar-refractivity contribution is 5.39. The third-order valence-electron chi connectivity index (χ3n) is 2.21. The van der Waals surface area contributed by atoms with Crippen molar-refractivity contribution < 1.29 is 14.6 Å². The van der Waals surface area contributed by atoms with Gasteiger partial charge in [0, 0.05) is 0 Å². The lowest BCUT2D eigenvalue weighted by molar-refractivity contribution is 0.274. The Kier molecular flexibility index (Phi) is 3.47. The molecule has 0 atom stereocenters. The number of aromatic hydroxyl groups is 1. The standard InChI is InChI=1S/C12H12N2O4/c1-17-8-4-2-3-5-9(8)18-7-10-13-11(15)6-12(16)14-10/h2-6H,7H2,1H3,(H2,13,14,15,16). The molecule has 0 aliphatic carbocycles. The second-order valence-electron chi connectivity index (χ2n) is 3.49. The largest absolute Gasteiger partial charge is 0.493 e. The van der Waals surface area contributed by atoms with E-state index in [4.69, 9.17) is 9.47 Å². The lowest BCUT2D eigenvalue weighted by atomic mass is 10.3. The Morgan fingerprint density at radius 2 is 2.06 bits per heavy atom. The SMILES string of the molecule is COc1ccccc1OCc1nc(O)cc(=O)[nH]1. The summed E-state index contributed by atoms with van der Waals surface area (Å²) in [5.74, 6) is 1.02. The van der Waals surface area contributed by atoms with Gasteiger partial charge in [0.25, 0.3) is 5.56 Å². The van der Waals surface area contributed by atoms with Gasteiger partial charge in [0.05, 0.1) is 13.2 Å². The summed E-state index contributed by atoms with van der Waals surface area (Å²) in [6, 6.07) is 8.11. The summed E-state index contributed by atoms with van der Waals surface area (Å²) in [5, 5.41) is 9.18. The van der Waals surface area contributed by atoms with Crippen LogP contribution in [0.3, 0.4) is 0 Å². The van der Waals surface area contributed by atoms with E-state index in [1.165, 1.54) is 7.11 Å². The molecule has 2 rings (SSSR count). The van der Waals surface area contributed by atoms with E-state index in [0.29, 0.717) is 11.5 Å².